The highest BCUT2D eigenvalue weighted by molar-refractivity contribution is 5.69. The summed E-state index contributed by atoms with van der Waals surface area (Å²) >= 11 is 0. The van der Waals surface area contributed by atoms with E-state index >= 15 is 0 Å². The van der Waals surface area contributed by atoms with Gasteiger partial charge >= 0.3 is 11.9 Å². The van der Waals surface area contributed by atoms with Crippen LogP contribution in [-0.2, 0) is 27.2 Å². The van der Waals surface area contributed by atoms with Crippen molar-refractivity contribution in [1.82, 2.24) is 5.32 Å². The second-order valence-electron chi connectivity index (χ2n) is 8.07. The molecule has 4 unspecified atom stereocenters. The van der Waals surface area contributed by atoms with Crippen LogP contribution in [0.4, 0.5) is 0 Å². The monoisotopic (exact) mass is 405 g/mol. The van der Waals surface area contributed by atoms with E-state index in [0.717, 1.165) is 31.2 Å². The molecule has 0 aliphatic heterocycles. The molecule has 7 nitrogen and oxygen atoms in total. The molecular formula is C22H31NO6. The quantitative estimate of drug-likeness (QED) is 0.427. The van der Waals surface area contributed by atoms with Crippen molar-refractivity contribution in [2.24, 2.45) is 17.8 Å². The van der Waals surface area contributed by atoms with Crippen LogP contribution in [0.5, 0.6) is 5.75 Å². The number of hydrogen-bond acceptors (Lipinski definition) is 6. The summed E-state index contributed by atoms with van der Waals surface area (Å²) in [6.07, 6.45) is 3.48. The lowest BCUT2D eigenvalue weighted by Gasteiger charge is -2.32. The Balaban J connectivity index is 1.79. The number of aliphatic carboxylic acids is 1. The van der Waals surface area contributed by atoms with Gasteiger partial charge in [0, 0.05) is 6.42 Å². The van der Waals surface area contributed by atoms with Crippen molar-refractivity contribution in [2.75, 3.05) is 13.7 Å². The molecule has 1 aromatic rings. The summed E-state index contributed by atoms with van der Waals surface area (Å²) in [6.45, 7) is 1.44. The largest absolute Gasteiger partial charge is 0.482 e. The predicted molar refractivity (Wildman–Crippen MR) is 107 cm³/mol. The van der Waals surface area contributed by atoms with Gasteiger partial charge in [0.1, 0.15) is 18.1 Å². The fourth-order valence-corrected chi connectivity index (χ4v) is 4.93. The first-order valence-corrected chi connectivity index (χ1v) is 10.4. The van der Waals surface area contributed by atoms with E-state index in [1.165, 1.54) is 5.56 Å². The Hall–Kier alpha value is -2.12. The molecule has 0 aromatic heterocycles. The van der Waals surface area contributed by atoms with Gasteiger partial charge in [0.2, 0.25) is 0 Å². The molecule has 1 aromatic carbocycles. The third kappa shape index (κ3) is 5.08. The molecule has 0 heterocycles. The third-order valence-corrected chi connectivity index (χ3v) is 6.35. The van der Waals surface area contributed by atoms with Gasteiger partial charge in [-0.3, -0.25) is 10.1 Å². The van der Waals surface area contributed by atoms with Gasteiger partial charge in [-0.1, -0.05) is 19.1 Å². The fourth-order valence-electron chi connectivity index (χ4n) is 4.93. The lowest BCUT2D eigenvalue weighted by Crippen LogP contribution is -2.31. The second kappa shape index (κ2) is 9.59. The van der Waals surface area contributed by atoms with E-state index in [1.807, 2.05) is 12.1 Å². The number of nitrogens with one attached hydrogen (secondary N) is 1. The first-order chi connectivity index (χ1) is 13.9. The van der Waals surface area contributed by atoms with E-state index in [0.29, 0.717) is 30.4 Å². The molecule has 29 heavy (non-hydrogen) atoms. The summed E-state index contributed by atoms with van der Waals surface area (Å²) in [7, 11) is 1.73. The van der Waals surface area contributed by atoms with Crippen LogP contribution in [-0.4, -0.2) is 48.1 Å². The highest BCUT2D eigenvalue weighted by Gasteiger charge is 2.47. The SMILES string of the molecule is CCC(=O)O[C@@H]1CC2Cc3c(cccc3OCC(=O)O)CC2C1CCC(O)NC. The summed E-state index contributed by atoms with van der Waals surface area (Å²) in [5.41, 5.74) is 2.25. The molecule has 1 saturated carbocycles. The van der Waals surface area contributed by atoms with Crippen LogP contribution >= 0.6 is 0 Å². The summed E-state index contributed by atoms with van der Waals surface area (Å²) < 4.78 is 11.3. The number of fused-ring (bicyclic) bond motifs is 2. The summed E-state index contributed by atoms with van der Waals surface area (Å²) in [4.78, 5) is 22.9. The molecule has 3 N–H and O–H groups in total. The van der Waals surface area contributed by atoms with Crippen LogP contribution in [0, 0.1) is 17.8 Å². The Labute approximate surface area is 171 Å². The third-order valence-electron chi connectivity index (χ3n) is 6.35. The normalized spacial score (nSPS) is 26.3. The van der Waals surface area contributed by atoms with E-state index in [4.69, 9.17) is 14.6 Å². The number of carbonyl (C=O) groups excluding carboxylic acids is 1. The van der Waals surface area contributed by atoms with Crippen molar-refractivity contribution in [3.63, 3.8) is 0 Å². The number of aliphatic hydroxyl groups excluding tert-OH is 1. The van der Waals surface area contributed by atoms with E-state index in [1.54, 1.807) is 14.0 Å². The number of hydrogen-bond donors (Lipinski definition) is 3. The maximum absolute atomic E-state index is 12.0. The molecule has 2 aliphatic rings. The number of carboxylic acids is 1. The molecule has 0 spiro atoms. The van der Waals surface area contributed by atoms with Gasteiger partial charge in [-0.15, -0.1) is 0 Å². The van der Waals surface area contributed by atoms with E-state index in [2.05, 4.69) is 11.4 Å². The number of carboxylic acid groups (broad SMARTS) is 1. The average molecular weight is 405 g/mol. The van der Waals surface area contributed by atoms with Gasteiger partial charge in [0.15, 0.2) is 6.61 Å². The predicted octanol–water partition coefficient (Wildman–Crippen LogP) is 2.14. The summed E-state index contributed by atoms with van der Waals surface area (Å²) in [5.74, 6) is 0.386. The van der Waals surface area contributed by atoms with Crippen molar-refractivity contribution in [1.29, 1.82) is 0 Å². The molecule has 5 atom stereocenters. The highest BCUT2D eigenvalue weighted by atomic mass is 16.5. The molecule has 0 radical (unpaired) electrons. The molecule has 7 heteroatoms. The van der Waals surface area contributed by atoms with Crippen molar-refractivity contribution in [3.8, 4) is 5.75 Å². The number of ether oxygens (including phenoxy) is 2. The molecule has 3 rings (SSSR count). The number of carbonyl (C=O) groups is 2. The molecule has 1 fully saturated rings. The number of benzene rings is 1. The van der Waals surface area contributed by atoms with Crippen LogP contribution in [0.2, 0.25) is 0 Å². The standard InChI is InChI=1S/C22H31NO6/c1-3-22(27)29-19-11-14-10-17-13(5-4-6-18(17)28-12-21(25)26)9-16(14)15(19)7-8-20(24)23-2/h4-6,14-16,19-20,23-24H,3,7-12H2,1-2H3,(H,25,26)/t14?,15?,16?,19-,20?/m1/s1. The maximum atomic E-state index is 12.0. The Morgan fingerprint density at radius 3 is 2.79 bits per heavy atom. The molecule has 2 aliphatic carbocycles. The van der Waals surface area contributed by atoms with Gasteiger partial charge in [-0.25, -0.2) is 4.79 Å². The minimum Gasteiger partial charge on any atom is -0.482 e. The molecule has 160 valence electrons. The van der Waals surface area contributed by atoms with Gasteiger partial charge in [-0.05, 0) is 74.1 Å². The number of esters is 1. The van der Waals surface area contributed by atoms with Gasteiger partial charge < -0.3 is 19.7 Å². The van der Waals surface area contributed by atoms with Crippen LogP contribution < -0.4 is 10.1 Å². The Morgan fingerprint density at radius 2 is 2.10 bits per heavy atom. The zero-order valence-electron chi connectivity index (χ0n) is 17.1. The summed E-state index contributed by atoms with van der Waals surface area (Å²) in [5, 5.41) is 21.7. The molecular weight excluding hydrogens is 374 g/mol. The smallest absolute Gasteiger partial charge is 0.341 e. The van der Waals surface area contributed by atoms with E-state index in [9.17, 15) is 14.7 Å². The highest BCUT2D eigenvalue weighted by Crippen LogP contribution is 2.49. The van der Waals surface area contributed by atoms with Crippen LogP contribution in [0.25, 0.3) is 0 Å². The van der Waals surface area contributed by atoms with Gasteiger partial charge in [0.25, 0.3) is 0 Å². The first kappa shape index (κ1) is 21.6. The van der Waals surface area contributed by atoms with Crippen molar-refractivity contribution in [2.45, 2.75) is 57.8 Å². The van der Waals surface area contributed by atoms with Crippen LogP contribution in [0.1, 0.15) is 43.7 Å². The van der Waals surface area contributed by atoms with Crippen molar-refractivity contribution >= 4 is 11.9 Å². The lowest BCUT2D eigenvalue weighted by molar-refractivity contribution is -0.151. The molecule has 0 saturated heterocycles. The zero-order chi connectivity index (χ0) is 21.0. The average Bonchev–Trinajstić information content (AvgIpc) is 3.04. The Bertz CT molecular complexity index is 736. The molecule has 0 amide bonds. The van der Waals surface area contributed by atoms with Gasteiger partial charge in [0.05, 0.1) is 0 Å². The lowest BCUT2D eigenvalue weighted by atomic mass is 9.73. The summed E-state index contributed by atoms with van der Waals surface area (Å²) in [6, 6.07) is 5.80. The zero-order valence-corrected chi connectivity index (χ0v) is 17.1. The topological polar surface area (TPSA) is 105 Å². The van der Waals surface area contributed by atoms with Crippen molar-refractivity contribution in [3.05, 3.63) is 29.3 Å². The van der Waals surface area contributed by atoms with Gasteiger partial charge in [-0.2, -0.15) is 0 Å². The Kier molecular flexibility index (Phi) is 7.14. The first-order valence-electron chi connectivity index (χ1n) is 10.4. The van der Waals surface area contributed by atoms with E-state index in [-0.39, 0.29) is 24.6 Å². The number of aliphatic hydroxyl groups is 1. The second-order valence-corrected chi connectivity index (χ2v) is 8.07. The minimum absolute atomic E-state index is 0.140. The Morgan fingerprint density at radius 1 is 1.31 bits per heavy atom. The fraction of sp³-hybridized carbons (Fsp3) is 0.636. The van der Waals surface area contributed by atoms with Crippen molar-refractivity contribution < 1.29 is 29.3 Å². The van der Waals surface area contributed by atoms with Crippen LogP contribution in [0.3, 0.4) is 0 Å². The molecule has 0 bridgehead atoms. The van der Waals surface area contributed by atoms with E-state index < -0.39 is 12.2 Å². The van der Waals surface area contributed by atoms with Crippen LogP contribution in [0.15, 0.2) is 18.2 Å². The maximum Gasteiger partial charge on any atom is 0.341 e. The minimum atomic E-state index is -0.994. The number of rotatable bonds is 9.